The van der Waals surface area contributed by atoms with Crippen molar-refractivity contribution in [1.29, 1.82) is 0 Å². The van der Waals surface area contributed by atoms with Crippen LogP contribution in [0.2, 0.25) is 0 Å². The van der Waals surface area contributed by atoms with Gasteiger partial charge in [-0.15, -0.1) is 0 Å². The maximum Gasteiger partial charge on any atom is 0.231 e. The number of anilines is 1. The average molecular weight is 327 g/mol. The van der Waals surface area contributed by atoms with Crippen molar-refractivity contribution in [2.24, 2.45) is 22.2 Å². The number of fused-ring (bicyclic) bond motifs is 1. The van der Waals surface area contributed by atoms with Crippen molar-refractivity contribution in [3.63, 3.8) is 0 Å². The molecule has 6 rings (SSSR count). The summed E-state index contributed by atoms with van der Waals surface area (Å²) in [6.07, 6.45) is 7.05. The summed E-state index contributed by atoms with van der Waals surface area (Å²) in [4.78, 5) is 13.3. The summed E-state index contributed by atoms with van der Waals surface area (Å²) in [5, 5.41) is 3.19. The number of hydrogen-bond acceptors (Lipinski definition) is 3. The van der Waals surface area contributed by atoms with Crippen LogP contribution >= 0.6 is 0 Å². The third kappa shape index (κ3) is 2.08. The Kier molecular flexibility index (Phi) is 2.72. The lowest BCUT2D eigenvalue weighted by Gasteiger charge is -2.64. The lowest BCUT2D eigenvalue weighted by molar-refractivity contribution is -0.165. The van der Waals surface area contributed by atoms with Gasteiger partial charge in [0, 0.05) is 11.8 Å². The van der Waals surface area contributed by atoms with Crippen LogP contribution in [0, 0.1) is 22.2 Å². The Morgan fingerprint density at radius 1 is 1.04 bits per heavy atom. The van der Waals surface area contributed by atoms with Gasteiger partial charge in [0.15, 0.2) is 11.5 Å². The van der Waals surface area contributed by atoms with Crippen molar-refractivity contribution in [2.45, 2.75) is 52.4 Å². The van der Waals surface area contributed by atoms with E-state index in [-0.39, 0.29) is 18.1 Å². The molecule has 1 heterocycles. The van der Waals surface area contributed by atoms with Crippen molar-refractivity contribution < 1.29 is 14.3 Å². The Morgan fingerprint density at radius 2 is 1.75 bits per heavy atom. The zero-order valence-electron chi connectivity index (χ0n) is 14.5. The van der Waals surface area contributed by atoms with Crippen molar-refractivity contribution in [3.05, 3.63) is 18.2 Å². The van der Waals surface area contributed by atoms with E-state index in [1.165, 1.54) is 19.3 Å². The highest BCUT2D eigenvalue weighted by Gasteiger charge is 2.62. The number of hydrogen-bond donors (Lipinski definition) is 1. The molecule has 0 aromatic heterocycles. The molecule has 4 saturated carbocycles. The van der Waals surface area contributed by atoms with E-state index in [1.807, 2.05) is 18.2 Å². The predicted octanol–water partition coefficient (Wildman–Crippen LogP) is 4.35. The van der Waals surface area contributed by atoms with Crippen LogP contribution in [0.3, 0.4) is 0 Å². The first kappa shape index (κ1) is 14.6. The first-order valence-corrected chi connectivity index (χ1v) is 9.08. The molecule has 4 heteroatoms. The number of ether oxygens (including phenoxy) is 2. The molecule has 5 aliphatic rings. The average Bonchev–Trinajstić information content (AvgIpc) is 2.90. The molecular formula is C20H25NO3. The minimum atomic E-state index is -0.181. The minimum Gasteiger partial charge on any atom is -0.454 e. The van der Waals surface area contributed by atoms with Crippen LogP contribution in [0.5, 0.6) is 11.5 Å². The third-order valence-electron chi connectivity index (χ3n) is 6.74. The molecule has 24 heavy (non-hydrogen) atoms. The van der Waals surface area contributed by atoms with E-state index >= 15 is 0 Å². The van der Waals surface area contributed by atoms with Crippen molar-refractivity contribution >= 4 is 11.6 Å². The summed E-state index contributed by atoms with van der Waals surface area (Å²) in [7, 11) is 0. The molecule has 0 spiro atoms. The Balaban J connectivity index is 1.43. The lowest BCUT2D eigenvalue weighted by atomic mass is 9.40. The maximum atomic E-state index is 13.3. The fraction of sp³-hybridized carbons (Fsp3) is 0.650. The van der Waals surface area contributed by atoms with Gasteiger partial charge in [0.05, 0.1) is 5.41 Å². The number of rotatable bonds is 2. The van der Waals surface area contributed by atoms with E-state index in [4.69, 9.17) is 9.47 Å². The predicted molar refractivity (Wildman–Crippen MR) is 91.0 cm³/mol. The fourth-order valence-electron chi connectivity index (χ4n) is 6.94. The standard InChI is InChI=1S/C20H25NO3/c1-18-6-13-7-19(2,9-18)11-20(8-13,10-18)17(22)21-14-3-4-15-16(5-14)24-12-23-15/h3-5,13H,6-12H2,1-2H3,(H,21,22). The van der Waals surface area contributed by atoms with E-state index < -0.39 is 0 Å². The van der Waals surface area contributed by atoms with Gasteiger partial charge in [-0.1, -0.05) is 13.8 Å². The van der Waals surface area contributed by atoms with E-state index in [0.717, 1.165) is 42.4 Å². The molecule has 128 valence electrons. The SMILES string of the molecule is CC12CC3CC(C)(C1)CC(C(=O)Nc1ccc4c(c1)OCO4)(C3)C2. The summed E-state index contributed by atoms with van der Waals surface area (Å²) in [6, 6.07) is 5.67. The zero-order valence-corrected chi connectivity index (χ0v) is 14.5. The molecule has 4 aliphatic carbocycles. The van der Waals surface area contributed by atoms with Crippen molar-refractivity contribution in [1.82, 2.24) is 0 Å². The first-order chi connectivity index (χ1) is 11.4. The van der Waals surface area contributed by atoms with Crippen LogP contribution in [0.25, 0.3) is 0 Å². The molecule has 4 bridgehead atoms. The largest absolute Gasteiger partial charge is 0.454 e. The summed E-state index contributed by atoms with van der Waals surface area (Å²) in [5.74, 6) is 2.40. The van der Waals surface area contributed by atoms with E-state index in [0.29, 0.717) is 10.8 Å². The molecule has 4 fully saturated rings. The maximum absolute atomic E-state index is 13.3. The van der Waals surface area contributed by atoms with Crippen LogP contribution in [0.15, 0.2) is 18.2 Å². The minimum absolute atomic E-state index is 0.181. The molecule has 1 aliphatic heterocycles. The molecule has 1 aromatic rings. The molecular weight excluding hydrogens is 302 g/mol. The molecule has 0 radical (unpaired) electrons. The van der Waals surface area contributed by atoms with Gasteiger partial charge in [-0.05, 0) is 67.4 Å². The van der Waals surface area contributed by atoms with Gasteiger partial charge < -0.3 is 14.8 Å². The van der Waals surface area contributed by atoms with E-state index in [9.17, 15) is 4.79 Å². The number of benzene rings is 1. The molecule has 2 unspecified atom stereocenters. The second-order valence-corrected chi connectivity index (χ2v) is 9.43. The highest BCUT2D eigenvalue weighted by molar-refractivity contribution is 5.96. The van der Waals surface area contributed by atoms with Crippen molar-refractivity contribution in [2.75, 3.05) is 12.1 Å². The lowest BCUT2D eigenvalue weighted by Crippen LogP contribution is -2.58. The van der Waals surface area contributed by atoms with Gasteiger partial charge >= 0.3 is 0 Å². The summed E-state index contributed by atoms with van der Waals surface area (Å²) < 4.78 is 10.8. The van der Waals surface area contributed by atoms with E-state index in [2.05, 4.69) is 19.2 Å². The first-order valence-electron chi connectivity index (χ1n) is 9.08. The van der Waals surface area contributed by atoms with Crippen LogP contribution in [0.4, 0.5) is 5.69 Å². The quantitative estimate of drug-likeness (QED) is 0.878. The smallest absolute Gasteiger partial charge is 0.231 e. The molecule has 0 saturated heterocycles. The number of carbonyl (C=O) groups excluding carboxylic acids is 1. The van der Waals surface area contributed by atoms with Crippen molar-refractivity contribution in [3.8, 4) is 11.5 Å². The van der Waals surface area contributed by atoms with Crippen LogP contribution in [-0.2, 0) is 4.79 Å². The Hall–Kier alpha value is -1.71. The van der Waals surface area contributed by atoms with E-state index in [1.54, 1.807) is 0 Å². The fourth-order valence-corrected chi connectivity index (χ4v) is 6.94. The number of nitrogens with one attached hydrogen (secondary N) is 1. The van der Waals surface area contributed by atoms with Crippen LogP contribution in [-0.4, -0.2) is 12.7 Å². The zero-order chi connectivity index (χ0) is 16.6. The third-order valence-corrected chi connectivity index (χ3v) is 6.74. The van der Waals surface area contributed by atoms with Crippen LogP contribution < -0.4 is 14.8 Å². The Labute approximate surface area is 142 Å². The summed E-state index contributed by atoms with van der Waals surface area (Å²) in [5.41, 5.74) is 1.33. The Morgan fingerprint density at radius 3 is 2.46 bits per heavy atom. The van der Waals surface area contributed by atoms with Gasteiger partial charge in [-0.3, -0.25) is 4.79 Å². The number of amides is 1. The molecule has 4 nitrogen and oxygen atoms in total. The summed E-state index contributed by atoms with van der Waals surface area (Å²) in [6.45, 7) is 5.06. The highest BCUT2D eigenvalue weighted by atomic mass is 16.7. The highest BCUT2D eigenvalue weighted by Crippen LogP contribution is 2.69. The molecule has 1 N–H and O–H groups in total. The van der Waals surface area contributed by atoms with Gasteiger partial charge in [-0.25, -0.2) is 0 Å². The molecule has 1 aromatic carbocycles. The van der Waals surface area contributed by atoms with Crippen LogP contribution in [0.1, 0.15) is 52.4 Å². The second-order valence-electron chi connectivity index (χ2n) is 9.43. The number of carbonyl (C=O) groups is 1. The monoisotopic (exact) mass is 327 g/mol. The normalized spacial score (nSPS) is 41.5. The molecule has 2 atom stereocenters. The molecule has 1 amide bonds. The van der Waals surface area contributed by atoms with Gasteiger partial charge in [-0.2, -0.15) is 0 Å². The van der Waals surface area contributed by atoms with Gasteiger partial charge in [0.1, 0.15) is 0 Å². The van der Waals surface area contributed by atoms with Gasteiger partial charge in [0.2, 0.25) is 12.7 Å². The Bertz CT molecular complexity index is 710. The topological polar surface area (TPSA) is 47.6 Å². The summed E-state index contributed by atoms with van der Waals surface area (Å²) >= 11 is 0. The second kappa shape index (κ2) is 4.47. The van der Waals surface area contributed by atoms with Gasteiger partial charge in [0.25, 0.3) is 0 Å².